The molecule has 21 heavy (non-hydrogen) atoms. The van der Waals surface area contributed by atoms with Crippen LogP contribution in [0.3, 0.4) is 0 Å². The third-order valence-corrected chi connectivity index (χ3v) is 3.11. The third-order valence-electron chi connectivity index (χ3n) is 3.11. The number of ether oxygens (including phenoxy) is 1. The predicted octanol–water partition coefficient (Wildman–Crippen LogP) is 1.55. The lowest BCUT2D eigenvalue weighted by Gasteiger charge is -2.30. The van der Waals surface area contributed by atoms with Crippen LogP contribution in [-0.4, -0.2) is 45.6 Å². The Morgan fingerprint density at radius 1 is 1.33 bits per heavy atom. The molecule has 1 unspecified atom stereocenters. The number of rotatable bonds is 3. The number of carboxylic acid groups (broad SMARTS) is 1. The topological polar surface area (TPSA) is 136 Å². The van der Waals surface area contributed by atoms with Gasteiger partial charge in [0.15, 0.2) is 0 Å². The Morgan fingerprint density at radius 3 is 2.62 bits per heavy atom. The second kappa shape index (κ2) is 5.71. The molecule has 1 atom stereocenters. The minimum absolute atomic E-state index is 0.0615. The first-order valence-electron chi connectivity index (χ1n) is 5.92. The molecule has 0 aromatic heterocycles. The summed E-state index contributed by atoms with van der Waals surface area (Å²) < 4.78 is 5.36. The fourth-order valence-electron chi connectivity index (χ4n) is 2.09. The van der Waals surface area contributed by atoms with Crippen molar-refractivity contribution in [2.75, 3.05) is 19.7 Å². The van der Waals surface area contributed by atoms with E-state index >= 15 is 0 Å². The van der Waals surface area contributed by atoms with Crippen LogP contribution < -0.4 is 0 Å². The Morgan fingerprint density at radius 2 is 2.05 bits per heavy atom. The van der Waals surface area contributed by atoms with E-state index in [1.807, 2.05) is 0 Å². The zero-order valence-electron chi connectivity index (χ0n) is 10.7. The average Bonchev–Trinajstić information content (AvgIpc) is 2.46. The molecule has 0 radical (unpaired) electrons. The van der Waals surface area contributed by atoms with Gasteiger partial charge in [0.1, 0.15) is 6.10 Å². The van der Waals surface area contributed by atoms with Crippen molar-refractivity contribution in [2.45, 2.75) is 6.10 Å². The zero-order chi connectivity index (χ0) is 15.6. The van der Waals surface area contributed by atoms with Crippen molar-refractivity contribution in [3.05, 3.63) is 44.0 Å². The van der Waals surface area contributed by atoms with Crippen molar-refractivity contribution < 1.29 is 24.5 Å². The summed E-state index contributed by atoms with van der Waals surface area (Å²) in [6.07, 6.45) is -1.97. The lowest BCUT2D eigenvalue weighted by molar-refractivity contribution is -0.395. The standard InChI is InChI=1S/C11H11N3O7/c15-11(16)12-3-4-21-10(6-12)8-2-1-7(13(17)18)5-9(8)14(19)20/h1-2,5,10H,3-4,6H2,(H,15,16). The number of nitro benzene ring substituents is 2. The summed E-state index contributed by atoms with van der Waals surface area (Å²) in [4.78, 5) is 32.3. The molecule has 0 aliphatic carbocycles. The number of morpholine rings is 1. The minimum atomic E-state index is -1.15. The molecule has 10 heteroatoms. The summed E-state index contributed by atoms with van der Waals surface area (Å²) in [6, 6.07) is 3.20. The molecule has 2 rings (SSSR count). The van der Waals surface area contributed by atoms with Crippen LogP contribution in [0.4, 0.5) is 16.2 Å². The van der Waals surface area contributed by atoms with Gasteiger partial charge in [0, 0.05) is 12.6 Å². The van der Waals surface area contributed by atoms with E-state index < -0.39 is 33.4 Å². The maximum absolute atomic E-state index is 11.1. The number of benzene rings is 1. The lowest BCUT2D eigenvalue weighted by Crippen LogP contribution is -2.41. The smallest absolute Gasteiger partial charge is 0.407 e. The normalized spacial score (nSPS) is 18.3. The van der Waals surface area contributed by atoms with E-state index in [1.165, 1.54) is 6.07 Å². The predicted molar refractivity (Wildman–Crippen MR) is 68.0 cm³/mol. The molecule has 1 aliphatic heterocycles. The van der Waals surface area contributed by atoms with Gasteiger partial charge in [0.05, 0.1) is 34.6 Å². The molecule has 10 nitrogen and oxygen atoms in total. The highest BCUT2D eigenvalue weighted by Crippen LogP contribution is 2.32. The van der Waals surface area contributed by atoms with Crippen LogP contribution >= 0.6 is 0 Å². The Bertz CT molecular complexity index is 603. The van der Waals surface area contributed by atoms with Crippen molar-refractivity contribution in [2.24, 2.45) is 0 Å². The summed E-state index contributed by atoms with van der Waals surface area (Å²) in [7, 11) is 0. The molecule has 1 saturated heterocycles. The van der Waals surface area contributed by atoms with E-state index in [-0.39, 0.29) is 25.3 Å². The summed E-state index contributed by atoms with van der Waals surface area (Å²) in [5, 5.41) is 30.7. The van der Waals surface area contributed by atoms with Crippen LogP contribution in [-0.2, 0) is 4.74 Å². The van der Waals surface area contributed by atoms with Gasteiger partial charge in [-0.25, -0.2) is 4.79 Å². The molecular weight excluding hydrogens is 286 g/mol. The second-order valence-electron chi connectivity index (χ2n) is 4.35. The maximum atomic E-state index is 11.1. The van der Waals surface area contributed by atoms with Crippen molar-refractivity contribution >= 4 is 17.5 Å². The Kier molecular flexibility index (Phi) is 3.98. The van der Waals surface area contributed by atoms with Gasteiger partial charge >= 0.3 is 6.09 Å². The maximum Gasteiger partial charge on any atom is 0.407 e. The molecule has 1 N–H and O–H groups in total. The Hall–Kier alpha value is -2.75. The summed E-state index contributed by atoms with van der Waals surface area (Å²) in [5.41, 5.74) is -0.741. The van der Waals surface area contributed by atoms with Crippen LogP contribution in [0.25, 0.3) is 0 Å². The molecule has 0 bridgehead atoms. The zero-order valence-corrected chi connectivity index (χ0v) is 10.7. The van der Waals surface area contributed by atoms with Crippen LogP contribution in [0.15, 0.2) is 18.2 Å². The molecule has 0 saturated carbocycles. The van der Waals surface area contributed by atoms with Crippen LogP contribution in [0.5, 0.6) is 0 Å². The van der Waals surface area contributed by atoms with Gasteiger partial charge in [-0.2, -0.15) is 0 Å². The Labute approximate surface area is 117 Å². The van der Waals surface area contributed by atoms with Crippen LogP contribution in [0.1, 0.15) is 11.7 Å². The SMILES string of the molecule is O=C(O)N1CCOC(c2ccc([N+](=O)[O-])cc2[N+](=O)[O-])C1. The van der Waals surface area contributed by atoms with Crippen molar-refractivity contribution in [1.29, 1.82) is 0 Å². The quantitative estimate of drug-likeness (QED) is 0.660. The molecule has 1 aromatic carbocycles. The fraction of sp³-hybridized carbons (Fsp3) is 0.364. The number of carbonyl (C=O) groups is 1. The number of hydrogen-bond donors (Lipinski definition) is 1. The van der Waals surface area contributed by atoms with Gasteiger partial charge in [-0.1, -0.05) is 0 Å². The lowest BCUT2D eigenvalue weighted by atomic mass is 10.0. The van der Waals surface area contributed by atoms with E-state index in [0.717, 1.165) is 17.0 Å². The molecule has 112 valence electrons. The highest BCUT2D eigenvalue weighted by atomic mass is 16.6. The van der Waals surface area contributed by atoms with Gasteiger partial charge in [0.2, 0.25) is 0 Å². The first kappa shape index (κ1) is 14.7. The second-order valence-corrected chi connectivity index (χ2v) is 4.35. The van der Waals surface area contributed by atoms with Crippen LogP contribution in [0, 0.1) is 20.2 Å². The molecular formula is C11H11N3O7. The number of nitrogens with zero attached hydrogens (tertiary/aromatic N) is 3. The van der Waals surface area contributed by atoms with E-state index in [9.17, 15) is 25.0 Å². The van der Waals surface area contributed by atoms with E-state index in [2.05, 4.69) is 0 Å². The number of hydrogen-bond acceptors (Lipinski definition) is 6. The molecule has 1 aromatic rings. The summed E-state index contributed by atoms with van der Waals surface area (Å²) >= 11 is 0. The van der Waals surface area contributed by atoms with Crippen molar-refractivity contribution in [3.63, 3.8) is 0 Å². The highest BCUT2D eigenvalue weighted by Gasteiger charge is 2.31. The first-order valence-corrected chi connectivity index (χ1v) is 5.92. The molecule has 0 spiro atoms. The molecule has 1 amide bonds. The van der Waals surface area contributed by atoms with Gasteiger partial charge in [-0.05, 0) is 6.07 Å². The summed E-state index contributed by atoms with van der Waals surface area (Å²) in [5.74, 6) is 0. The molecule has 1 heterocycles. The number of non-ortho nitro benzene ring substituents is 1. The van der Waals surface area contributed by atoms with Crippen LogP contribution in [0.2, 0.25) is 0 Å². The van der Waals surface area contributed by atoms with Crippen molar-refractivity contribution in [3.8, 4) is 0 Å². The van der Waals surface area contributed by atoms with Gasteiger partial charge in [0.25, 0.3) is 11.4 Å². The fourth-order valence-corrected chi connectivity index (χ4v) is 2.09. The minimum Gasteiger partial charge on any atom is -0.465 e. The Balaban J connectivity index is 2.36. The molecule has 1 fully saturated rings. The average molecular weight is 297 g/mol. The number of nitro groups is 2. The summed E-state index contributed by atoms with van der Waals surface area (Å²) in [6.45, 7) is 0.214. The van der Waals surface area contributed by atoms with Gasteiger partial charge < -0.3 is 14.7 Å². The third kappa shape index (κ3) is 3.05. The van der Waals surface area contributed by atoms with Gasteiger partial charge in [-0.15, -0.1) is 0 Å². The van der Waals surface area contributed by atoms with E-state index in [1.54, 1.807) is 0 Å². The van der Waals surface area contributed by atoms with E-state index in [4.69, 9.17) is 9.84 Å². The van der Waals surface area contributed by atoms with Gasteiger partial charge in [-0.3, -0.25) is 20.2 Å². The van der Waals surface area contributed by atoms with Crippen molar-refractivity contribution in [1.82, 2.24) is 4.90 Å². The highest BCUT2D eigenvalue weighted by molar-refractivity contribution is 5.65. The molecule has 1 aliphatic rings. The number of amides is 1. The first-order chi connectivity index (χ1) is 9.90. The van der Waals surface area contributed by atoms with E-state index in [0.29, 0.717) is 0 Å². The largest absolute Gasteiger partial charge is 0.465 e. The monoisotopic (exact) mass is 297 g/mol.